The standard InChI is InChI=1S/C10H16ClN3/c1-14-3-2-9(7-14)13-6-10-4-8(11)5-12-10/h4-5,9,12-13H,2-3,6-7H2,1H3. The Bertz CT molecular complexity index is 297. The first kappa shape index (κ1) is 10.0. The zero-order valence-electron chi connectivity index (χ0n) is 8.39. The van der Waals surface area contributed by atoms with Gasteiger partial charge in [-0.05, 0) is 26.1 Å². The summed E-state index contributed by atoms with van der Waals surface area (Å²) >= 11 is 5.81. The van der Waals surface area contributed by atoms with Gasteiger partial charge in [-0.2, -0.15) is 0 Å². The van der Waals surface area contributed by atoms with Crippen molar-refractivity contribution in [1.82, 2.24) is 15.2 Å². The van der Waals surface area contributed by atoms with E-state index in [4.69, 9.17) is 11.6 Å². The molecule has 1 aliphatic heterocycles. The van der Waals surface area contributed by atoms with Crippen LogP contribution in [0.25, 0.3) is 0 Å². The minimum absolute atomic E-state index is 0.627. The Morgan fingerprint density at radius 1 is 1.71 bits per heavy atom. The molecular weight excluding hydrogens is 198 g/mol. The van der Waals surface area contributed by atoms with Gasteiger partial charge in [0.15, 0.2) is 0 Å². The summed E-state index contributed by atoms with van der Waals surface area (Å²) < 4.78 is 0. The number of aromatic nitrogens is 1. The minimum Gasteiger partial charge on any atom is -0.363 e. The molecule has 0 aliphatic carbocycles. The van der Waals surface area contributed by atoms with E-state index in [0.717, 1.165) is 23.8 Å². The molecule has 1 saturated heterocycles. The van der Waals surface area contributed by atoms with Crippen molar-refractivity contribution in [3.8, 4) is 0 Å². The summed E-state index contributed by atoms with van der Waals surface area (Å²) in [6, 6.07) is 2.59. The number of hydrogen-bond donors (Lipinski definition) is 2. The van der Waals surface area contributed by atoms with Crippen molar-refractivity contribution in [2.45, 2.75) is 19.0 Å². The molecule has 4 heteroatoms. The Morgan fingerprint density at radius 3 is 3.14 bits per heavy atom. The largest absolute Gasteiger partial charge is 0.363 e. The molecule has 3 nitrogen and oxygen atoms in total. The molecule has 1 aliphatic rings. The summed E-state index contributed by atoms with van der Waals surface area (Å²) in [5.74, 6) is 0. The van der Waals surface area contributed by atoms with Crippen molar-refractivity contribution in [3.63, 3.8) is 0 Å². The van der Waals surface area contributed by atoms with Gasteiger partial charge in [0.05, 0.1) is 5.02 Å². The highest BCUT2D eigenvalue weighted by molar-refractivity contribution is 6.30. The van der Waals surface area contributed by atoms with Crippen molar-refractivity contribution < 1.29 is 0 Å². The fourth-order valence-electron chi connectivity index (χ4n) is 1.87. The molecule has 0 spiro atoms. The smallest absolute Gasteiger partial charge is 0.0583 e. The van der Waals surface area contributed by atoms with E-state index >= 15 is 0 Å². The lowest BCUT2D eigenvalue weighted by molar-refractivity contribution is 0.397. The van der Waals surface area contributed by atoms with Crippen LogP contribution in [0, 0.1) is 0 Å². The number of likely N-dealkylation sites (tertiary alicyclic amines) is 1. The molecule has 1 atom stereocenters. The second-order valence-corrected chi connectivity index (χ2v) is 4.41. The highest BCUT2D eigenvalue weighted by atomic mass is 35.5. The van der Waals surface area contributed by atoms with Gasteiger partial charge < -0.3 is 15.2 Å². The van der Waals surface area contributed by atoms with E-state index < -0.39 is 0 Å². The van der Waals surface area contributed by atoms with Crippen molar-refractivity contribution in [2.75, 3.05) is 20.1 Å². The summed E-state index contributed by atoms with van der Waals surface area (Å²) in [6.07, 6.45) is 3.06. The summed E-state index contributed by atoms with van der Waals surface area (Å²) in [6.45, 7) is 3.23. The first-order chi connectivity index (χ1) is 6.74. The third-order valence-corrected chi connectivity index (χ3v) is 2.90. The van der Waals surface area contributed by atoms with Gasteiger partial charge in [0.2, 0.25) is 0 Å². The zero-order chi connectivity index (χ0) is 9.97. The molecule has 1 aromatic rings. The quantitative estimate of drug-likeness (QED) is 0.797. The van der Waals surface area contributed by atoms with Crippen LogP contribution in [-0.4, -0.2) is 36.1 Å². The second-order valence-electron chi connectivity index (χ2n) is 3.97. The first-order valence-corrected chi connectivity index (χ1v) is 5.36. The van der Waals surface area contributed by atoms with Gasteiger partial charge in [0.25, 0.3) is 0 Å². The lowest BCUT2D eigenvalue weighted by atomic mass is 10.2. The highest BCUT2D eigenvalue weighted by Crippen LogP contribution is 2.11. The summed E-state index contributed by atoms with van der Waals surface area (Å²) in [7, 11) is 2.16. The fourth-order valence-corrected chi connectivity index (χ4v) is 2.06. The maximum Gasteiger partial charge on any atom is 0.0583 e. The van der Waals surface area contributed by atoms with Crippen molar-refractivity contribution >= 4 is 11.6 Å². The van der Waals surface area contributed by atoms with Crippen LogP contribution in [0.4, 0.5) is 0 Å². The van der Waals surface area contributed by atoms with Crippen LogP contribution >= 0.6 is 11.6 Å². The van der Waals surface area contributed by atoms with Gasteiger partial charge in [0, 0.05) is 31.0 Å². The van der Waals surface area contributed by atoms with Crippen LogP contribution in [-0.2, 0) is 6.54 Å². The number of aromatic amines is 1. The molecule has 0 radical (unpaired) electrons. The number of H-pyrrole nitrogens is 1. The number of likely N-dealkylation sites (N-methyl/N-ethyl adjacent to an activating group) is 1. The maximum absolute atomic E-state index is 5.81. The van der Waals surface area contributed by atoms with Gasteiger partial charge in [-0.15, -0.1) is 0 Å². The van der Waals surface area contributed by atoms with E-state index in [1.165, 1.54) is 13.0 Å². The fraction of sp³-hybridized carbons (Fsp3) is 0.600. The highest BCUT2D eigenvalue weighted by Gasteiger charge is 2.18. The number of rotatable bonds is 3. The van der Waals surface area contributed by atoms with Gasteiger partial charge >= 0.3 is 0 Å². The van der Waals surface area contributed by atoms with Gasteiger partial charge in [-0.3, -0.25) is 0 Å². The van der Waals surface area contributed by atoms with E-state index in [2.05, 4.69) is 22.2 Å². The van der Waals surface area contributed by atoms with Crippen molar-refractivity contribution in [3.05, 3.63) is 23.0 Å². The number of halogens is 1. The molecule has 1 fully saturated rings. The first-order valence-electron chi connectivity index (χ1n) is 4.99. The predicted molar refractivity (Wildman–Crippen MR) is 58.5 cm³/mol. The molecule has 14 heavy (non-hydrogen) atoms. The molecule has 0 amide bonds. The van der Waals surface area contributed by atoms with Crippen LogP contribution in [0.5, 0.6) is 0 Å². The van der Waals surface area contributed by atoms with E-state index in [0.29, 0.717) is 6.04 Å². The van der Waals surface area contributed by atoms with E-state index in [9.17, 15) is 0 Å². The third-order valence-electron chi connectivity index (χ3n) is 2.68. The number of nitrogens with one attached hydrogen (secondary N) is 2. The van der Waals surface area contributed by atoms with Gasteiger partial charge in [-0.25, -0.2) is 0 Å². The maximum atomic E-state index is 5.81. The predicted octanol–water partition coefficient (Wildman–Crippen LogP) is 1.46. The second kappa shape index (κ2) is 4.34. The van der Waals surface area contributed by atoms with Crippen LogP contribution in [0.2, 0.25) is 5.02 Å². The Balaban J connectivity index is 1.77. The lowest BCUT2D eigenvalue weighted by Gasteiger charge is -2.11. The van der Waals surface area contributed by atoms with Gasteiger partial charge in [0.1, 0.15) is 0 Å². The SMILES string of the molecule is CN1CCC(NCc2cc(Cl)c[nH]2)C1. The van der Waals surface area contributed by atoms with Gasteiger partial charge in [-0.1, -0.05) is 11.6 Å². The molecule has 2 heterocycles. The van der Waals surface area contributed by atoms with E-state index in [-0.39, 0.29) is 0 Å². The Hall–Kier alpha value is -0.510. The van der Waals surface area contributed by atoms with E-state index in [1.54, 1.807) is 0 Å². The molecule has 0 aromatic carbocycles. The Morgan fingerprint density at radius 2 is 2.57 bits per heavy atom. The summed E-state index contributed by atoms with van der Waals surface area (Å²) in [4.78, 5) is 5.48. The minimum atomic E-state index is 0.627. The third kappa shape index (κ3) is 2.50. The van der Waals surface area contributed by atoms with E-state index in [1.807, 2.05) is 12.3 Å². The Kier molecular flexibility index (Phi) is 3.11. The number of nitrogens with zero attached hydrogens (tertiary/aromatic N) is 1. The van der Waals surface area contributed by atoms with Crippen molar-refractivity contribution in [2.24, 2.45) is 0 Å². The van der Waals surface area contributed by atoms with Crippen LogP contribution in [0.3, 0.4) is 0 Å². The normalized spacial score (nSPS) is 23.1. The molecule has 78 valence electrons. The zero-order valence-corrected chi connectivity index (χ0v) is 9.14. The molecule has 2 rings (SSSR count). The molecule has 0 bridgehead atoms. The molecule has 1 aromatic heterocycles. The van der Waals surface area contributed by atoms with Crippen LogP contribution in [0.1, 0.15) is 12.1 Å². The summed E-state index contributed by atoms with van der Waals surface area (Å²) in [5, 5.41) is 4.29. The molecule has 1 unspecified atom stereocenters. The van der Waals surface area contributed by atoms with Crippen LogP contribution < -0.4 is 5.32 Å². The molecule has 2 N–H and O–H groups in total. The monoisotopic (exact) mass is 213 g/mol. The average molecular weight is 214 g/mol. The molecule has 0 saturated carbocycles. The number of hydrogen-bond acceptors (Lipinski definition) is 2. The topological polar surface area (TPSA) is 31.1 Å². The van der Waals surface area contributed by atoms with Crippen molar-refractivity contribution in [1.29, 1.82) is 0 Å². The average Bonchev–Trinajstić information content (AvgIpc) is 2.72. The van der Waals surface area contributed by atoms with Crippen LogP contribution in [0.15, 0.2) is 12.3 Å². The summed E-state index contributed by atoms with van der Waals surface area (Å²) in [5.41, 5.74) is 1.16. The Labute approximate surface area is 89.4 Å². The molecular formula is C10H16ClN3. The lowest BCUT2D eigenvalue weighted by Crippen LogP contribution is -2.31.